The number of amides is 1. The molecule has 0 saturated heterocycles. The third kappa shape index (κ3) is 3.33. The van der Waals surface area contributed by atoms with Crippen molar-refractivity contribution in [3.63, 3.8) is 0 Å². The van der Waals surface area contributed by atoms with E-state index in [0.29, 0.717) is 11.3 Å². The Bertz CT molecular complexity index is 921. The van der Waals surface area contributed by atoms with Gasteiger partial charge in [-0.1, -0.05) is 32.0 Å². The molecule has 0 fully saturated rings. The van der Waals surface area contributed by atoms with Crippen LogP contribution in [-0.2, 0) is 9.59 Å². The van der Waals surface area contributed by atoms with E-state index in [1.54, 1.807) is 26.0 Å². The molecule has 140 valence electrons. The molecule has 0 spiro atoms. The van der Waals surface area contributed by atoms with Crippen LogP contribution in [0.5, 0.6) is 5.75 Å². The highest BCUT2D eigenvalue weighted by atomic mass is 16.3. The molecule has 1 heterocycles. The molecule has 2 N–H and O–H groups in total. The van der Waals surface area contributed by atoms with Crippen molar-refractivity contribution in [3.05, 3.63) is 70.5 Å². The predicted molar refractivity (Wildman–Crippen MR) is 104 cm³/mol. The second-order valence-electron chi connectivity index (χ2n) is 7.30. The highest BCUT2D eigenvalue weighted by Gasteiger charge is 2.44. The molecular formula is C22H23NO4. The van der Waals surface area contributed by atoms with Gasteiger partial charge < -0.3 is 10.2 Å². The number of rotatable bonds is 4. The van der Waals surface area contributed by atoms with Gasteiger partial charge >= 0.3 is 0 Å². The fourth-order valence-corrected chi connectivity index (χ4v) is 3.50. The van der Waals surface area contributed by atoms with Gasteiger partial charge in [0, 0.05) is 11.6 Å². The van der Waals surface area contributed by atoms with Gasteiger partial charge in [-0.25, -0.2) is 0 Å². The van der Waals surface area contributed by atoms with Crippen LogP contribution < -0.4 is 4.90 Å². The topological polar surface area (TPSA) is 77.8 Å². The normalized spacial score (nSPS) is 17.1. The summed E-state index contributed by atoms with van der Waals surface area (Å²) in [5.74, 6) is -1.65. The number of aryl methyl sites for hydroxylation is 2. The minimum atomic E-state index is -0.741. The molecular weight excluding hydrogens is 342 g/mol. The summed E-state index contributed by atoms with van der Waals surface area (Å²) in [6.45, 7) is 7.33. The van der Waals surface area contributed by atoms with Gasteiger partial charge in [-0.3, -0.25) is 14.5 Å². The van der Waals surface area contributed by atoms with Crippen LogP contribution in [0.1, 0.15) is 36.6 Å². The molecule has 27 heavy (non-hydrogen) atoms. The second kappa shape index (κ2) is 6.91. The van der Waals surface area contributed by atoms with Gasteiger partial charge in [0.1, 0.15) is 5.75 Å². The molecule has 0 aliphatic carbocycles. The number of aliphatic hydroxyl groups is 1. The highest BCUT2D eigenvalue weighted by molar-refractivity contribution is 6.16. The lowest BCUT2D eigenvalue weighted by Gasteiger charge is -2.28. The molecule has 0 radical (unpaired) electrons. The number of carbonyl (C=O) groups excluding carboxylic acids is 2. The molecule has 0 saturated carbocycles. The first kappa shape index (κ1) is 18.7. The summed E-state index contributed by atoms with van der Waals surface area (Å²) < 4.78 is 0. The first-order chi connectivity index (χ1) is 12.7. The van der Waals surface area contributed by atoms with Crippen molar-refractivity contribution in [2.24, 2.45) is 5.92 Å². The number of nitrogens with zero attached hydrogens (tertiary/aromatic N) is 1. The van der Waals surface area contributed by atoms with Gasteiger partial charge in [0.05, 0.1) is 11.6 Å². The minimum absolute atomic E-state index is 0.0889. The number of benzene rings is 2. The molecule has 5 nitrogen and oxygen atoms in total. The van der Waals surface area contributed by atoms with Crippen LogP contribution in [0.2, 0.25) is 0 Å². The lowest BCUT2D eigenvalue weighted by Crippen LogP contribution is -2.31. The number of aromatic hydroxyl groups is 1. The summed E-state index contributed by atoms with van der Waals surface area (Å²) in [4.78, 5) is 27.2. The van der Waals surface area contributed by atoms with E-state index in [1.165, 1.54) is 17.0 Å². The van der Waals surface area contributed by atoms with Crippen molar-refractivity contribution in [1.82, 2.24) is 0 Å². The molecule has 1 amide bonds. The van der Waals surface area contributed by atoms with Crippen LogP contribution in [0.25, 0.3) is 0 Å². The molecule has 1 unspecified atom stereocenters. The van der Waals surface area contributed by atoms with Gasteiger partial charge in [0.15, 0.2) is 11.5 Å². The molecule has 2 aromatic carbocycles. The Labute approximate surface area is 158 Å². The smallest absolute Gasteiger partial charge is 0.294 e. The standard InChI is InChI=1S/C22H23NO4/c1-12(2)20(25)18-19(15-5-7-17(24)8-6-15)23(22(27)21(18)26)16-10-13(3)9-14(4)11-16/h5-12,19,24,26H,1-4H3. The maximum absolute atomic E-state index is 12.9. The van der Waals surface area contributed by atoms with E-state index in [1.807, 2.05) is 32.0 Å². The van der Waals surface area contributed by atoms with Crippen molar-refractivity contribution in [2.75, 3.05) is 4.90 Å². The predicted octanol–water partition coefficient (Wildman–Crippen LogP) is 4.13. The van der Waals surface area contributed by atoms with E-state index >= 15 is 0 Å². The molecule has 1 atom stereocenters. The number of hydrogen-bond donors (Lipinski definition) is 2. The first-order valence-electron chi connectivity index (χ1n) is 8.89. The molecule has 0 aromatic heterocycles. The number of anilines is 1. The number of hydrogen-bond acceptors (Lipinski definition) is 4. The zero-order valence-electron chi connectivity index (χ0n) is 15.9. The number of Topliss-reactive ketones (excluding diaryl/α,β-unsaturated/α-hetero) is 1. The van der Waals surface area contributed by atoms with Gasteiger partial charge in [-0.2, -0.15) is 0 Å². The first-order valence-corrected chi connectivity index (χ1v) is 8.89. The third-order valence-electron chi connectivity index (χ3n) is 4.69. The summed E-state index contributed by atoms with van der Waals surface area (Å²) >= 11 is 0. The van der Waals surface area contributed by atoms with Gasteiger partial charge in [-0.15, -0.1) is 0 Å². The SMILES string of the molecule is Cc1cc(C)cc(N2C(=O)C(O)=C(C(=O)C(C)C)C2c2ccc(O)cc2)c1. The lowest BCUT2D eigenvalue weighted by molar-refractivity contribution is -0.119. The van der Waals surface area contributed by atoms with Crippen molar-refractivity contribution in [3.8, 4) is 5.75 Å². The monoisotopic (exact) mass is 365 g/mol. The van der Waals surface area contributed by atoms with Crippen LogP contribution in [0.3, 0.4) is 0 Å². The zero-order valence-corrected chi connectivity index (χ0v) is 15.9. The van der Waals surface area contributed by atoms with Crippen LogP contribution in [0, 0.1) is 19.8 Å². The Morgan fingerprint density at radius 2 is 1.56 bits per heavy atom. The summed E-state index contributed by atoms with van der Waals surface area (Å²) in [7, 11) is 0. The second-order valence-corrected chi connectivity index (χ2v) is 7.30. The van der Waals surface area contributed by atoms with Crippen molar-refractivity contribution in [1.29, 1.82) is 0 Å². The van der Waals surface area contributed by atoms with Crippen LogP contribution in [0.4, 0.5) is 5.69 Å². The summed E-state index contributed by atoms with van der Waals surface area (Å²) in [6.07, 6.45) is 0. The fourth-order valence-electron chi connectivity index (χ4n) is 3.50. The van der Waals surface area contributed by atoms with Crippen LogP contribution in [0.15, 0.2) is 53.8 Å². The number of aliphatic hydroxyl groups excluding tert-OH is 1. The lowest BCUT2D eigenvalue weighted by atomic mass is 9.91. The Kier molecular flexibility index (Phi) is 4.79. The van der Waals surface area contributed by atoms with Gasteiger partial charge in [-0.05, 0) is 54.8 Å². The highest BCUT2D eigenvalue weighted by Crippen LogP contribution is 2.42. The maximum Gasteiger partial charge on any atom is 0.294 e. The van der Waals surface area contributed by atoms with Crippen molar-refractivity contribution in [2.45, 2.75) is 33.7 Å². The fraction of sp³-hybridized carbons (Fsp3) is 0.273. The Morgan fingerprint density at radius 1 is 1.00 bits per heavy atom. The Morgan fingerprint density at radius 3 is 2.07 bits per heavy atom. The van der Waals surface area contributed by atoms with E-state index in [-0.39, 0.29) is 23.0 Å². The average Bonchev–Trinajstić information content (AvgIpc) is 2.85. The quantitative estimate of drug-likeness (QED) is 0.854. The summed E-state index contributed by atoms with van der Waals surface area (Å²) in [5, 5.41) is 20.2. The van der Waals surface area contributed by atoms with E-state index in [2.05, 4.69) is 0 Å². The number of ketones is 1. The molecule has 3 rings (SSSR count). The Balaban J connectivity index is 2.21. The van der Waals surface area contributed by atoms with Gasteiger partial charge in [0.2, 0.25) is 0 Å². The van der Waals surface area contributed by atoms with E-state index in [9.17, 15) is 19.8 Å². The van der Waals surface area contributed by atoms with Crippen LogP contribution >= 0.6 is 0 Å². The van der Waals surface area contributed by atoms with E-state index in [0.717, 1.165) is 11.1 Å². The average molecular weight is 365 g/mol. The number of carbonyl (C=O) groups is 2. The molecule has 0 bridgehead atoms. The van der Waals surface area contributed by atoms with Crippen molar-refractivity contribution < 1.29 is 19.8 Å². The third-order valence-corrected chi connectivity index (χ3v) is 4.69. The van der Waals surface area contributed by atoms with E-state index < -0.39 is 17.7 Å². The zero-order chi connectivity index (χ0) is 19.9. The summed E-state index contributed by atoms with van der Waals surface area (Å²) in [6, 6.07) is 11.3. The van der Waals surface area contributed by atoms with Crippen molar-refractivity contribution >= 4 is 17.4 Å². The van der Waals surface area contributed by atoms with Gasteiger partial charge in [0.25, 0.3) is 5.91 Å². The summed E-state index contributed by atoms with van der Waals surface area (Å²) in [5.41, 5.74) is 3.32. The van der Waals surface area contributed by atoms with Crippen LogP contribution in [-0.4, -0.2) is 21.9 Å². The molecule has 1 aliphatic heterocycles. The molecule has 1 aliphatic rings. The number of phenols is 1. The minimum Gasteiger partial charge on any atom is -0.508 e. The maximum atomic E-state index is 12.9. The Hall–Kier alpha value is -3.08. The van der Waals surface area contributed by atoms with E-state index in [4.69, 9.17) is 0 Å². The molecule has 2 aromatic rings. The number of phenolic OH excluding ortho intramolecular Hbond substituents is 1. The molecule has 5 heteroatoms. The largest absolute Gasteiger partial charge is 0.508 e.